The van der Waals surface area contributed by atoms with Crippen molar-refractivity contribution in [2.75, 3.05) is 12.9 Å². The summed E-state index contributed by atoms with van der Waals surface area (Å²) < 4.78 is 31.8. The Labute approximate surface area is 85.5 Å². The number of benzene rings is 1. The van der Waals surface area contributed by atoms with Gasteiger partial charge in [-0.15, -0.1) is 11.8 Å². The molecule has 1 aliphatic heterocycles. The van der Waals surface area contributed by atoms with Crippen molar-refractivity contribution in [2.45, 2.75) is 17.2 Å². The highest BCUT2D eigenvalue weighted by Gasteiger charge is 2.37. The van der Waals surface area contributed by atoms with Crippen molar-refractivity contribution < 1.29 is 13.5 Å². The fraction of sp³-hybridized carbons (Fsp3) is 0.400. The van der Waals surface area contributed by atoms with E-state index in [0.717, 1.165) is 0 Å². The van der Waals surface area contributed by atoms with Gasteiger partial charge in [0.05, 0.1) is 7.11 Å². The van der Waals surface area contributed by atoms with Crippen molar-refractivity contribution in [3.05, 3.63) is 23.8 Å². The van der Waals surface area contributed by atoms with Gasteiger partial charge in [-0.1, -0.05) is 0 Å². The average molecular weight is 216 g/mol. The Morgan fingerprint density at radius 3 is 2.93 bits per heavy atom. The quantitative estimate of drug-likeness (QED) is 0.712. The lowest BCUT2D eigenvalue weighted by molar-refractivity contribution is -0.0117. The molecule has 0 fully saturated rings. The predicted molar refractivity (Wildman–Crippen MR) is 52.2 cm³/mol. The molecular formula is C10H10F2OS. The van der Waals surface area contributed by atoms with E-state index in [1.165, 1.54) is 24.9 Å². The second-order valence-corrected chi connectivity index (χ2v) is 4.30. The van der Waals surface area contributed by atoms with Crippen LogP contribution < -0.4 is 4.74 Å². The minimum absolute atomic E-state index is 0.0855. The number of thioether (sulfide) groups is 1. The van der Waals surface area contributed by atoms with Crippen LogP contribution in [0.2, 0.25) is 0 Å². The fourth-order valence-electron chi connectivity index (χ4n) is 1.47. The fourth-order valence-corrected chi connectivity index (χ4v) is 2.58. The first-order valence-corrected chi connectivity index (χ1v) is 5.31. The van der Waals surface area contributed by atoms with E-state index in [9.17, 15) is 8.78 Å². The van der Waals surface area contributed by atoms with Gasteiger partial charge >= 0.3 is 0 Å². The summed E-state index contributed by atoms with van der Waals surface area (Å²) in [5.41, 5.74) is 0.105. The van der Waals surface area contributed by atoms with Crippen molar-refractivity contribution >= 4 is 11.8 Å². The lowest BCUT2D eigenvalue weighted by Crippen LogP contribution is -2.19. The lowest BCUT2D eigenvalue weighted by atomic mass is 10.1. The second kappa shape index (κ2) is 3.42. The molecule has 0 aromatic heterocycles. The number of alkyl halides is 2. The Bertz CT molecular complexity index is 352. The summed E-state index contributed by atoms with van der Waals surface area (Å²) in [4.78, 5) is 0.669. The van der Waals surface area contributed by atoms with Crippen molar-refractivity contribution in [1.82, 2.24) is 0 Å². The number of hydrogen-bond donors (Lipinski definition) is 0. The Kier molecular flexibility index (Phi) is 2.39. The third-order valence-electron chi connectivity index (χ3n) is 2.25. The van der Waals surface area contributed by atoms with Gasteiger partial charge in [-0.25, -0.2) is 8.78 Å². The van der Waals surface area contributed by atoms with Gasteiger partial charge in [0.2, 0.25) is 0 Å². The maximum atomic E-state index is 13.4. The van der Waals surface area contributed by atoms with Gasteiger partial charge in [-0.05, 0) is 18.2 Å². The number of halogens is 2. The maximum absolute atomic E-state index is 13.4. The minimum atomic E-state index is -2.70. The van der Waals surface area contributed by atoms with Gasteiger partial charge in [0.25, 0.3) is 5.92 Å². The molecule has 4 heteroatoms. The molecule has 2 rings (SSSR count). The van der Waals surface area contributed by atoms with Crippen molar-refractivity contribution in [1.29, 1.82) is 0 Å². The van der Waals surface area contributed by atoms with Crippen LogP contribution in [0.3, 0.4) is 0 Å². The van der Waals surface area contributed by atoms with Crippen LogP contribution in [0.4, 0.5) is 8.78 Å². The van der Waals surface area contributed by atoms with Crippen LogP contribution in [-0.4, -0.2) is 12.9 Å². The average Bonchev–Trinajstić information content (AvgIpc) is 2.17. The van der Waals surface area contributed by atoms with E-state index in [1.807, 2.05) is 0 Å². The highest BCUT2D eigenvalue weighted by molar-refractivity contribution is 7.99. The molecule has 14 heavy (non-hydrogen) atoms. The Morgan fingerprint density at radius 2 is 2.21 bits per heavy atom. The molecule has 0 N–H and O–H groups in total. The summed E-state index contributed by atoms with van der Waals surface area (Å²) in [5, 5.41) is 0. The molecule has 0 saturated carbocycles. The number of hydrogen-bond acceptors (Lipinski definition) is 2. The first kappa shape index (κ1) is 9.77. The van der Waals surface area contributed by atoms with E-state index in [1.54, 1.807) is 12.1 Å². The minimum Gasteiger partial charge on any atom is -0.497 e. The van der Waals surface area contributed by atoms with E-state index in [-0.39, 0.29) is 12.0 Å². The smallest absolute Gasteiger partial charge is 0.275 e. The normalized spacial score (nSPS) is 18.8. The van der Waals surface area contributed by atoms with Gasteiger partial charge in [0.1, 0.15) is 5.75 Å². The van der Waals surface area contributed by atoms with E-state index >= 15 is 0 Å². The molecule has 0 atom stereocenters. The molecule has 0 amide bonds. The van der Waals surface area contributed by atoms with E-state index in [2.05, 4.69) is 0 Å². The number of fused-ring (bicyclic) bond motifs is 1. The molecule has 76 valence electrons. The topological polar surface area (TPSA) is 9.23 Å². The van der Waals surface area contributed by atoms with E-state index in [0.29, 0.717) is 16.4 Å². The second-order valence-electron chi connectivity index (χ2n) is 3.17. The third-order valence-corrected chi connectivity index (χ3v) is 3.33. The van der Waals surface area contributed by atoms with Crippen molar-refractivity contribution in [2.24, 2.45) is 0 Å². The summed E-state index contributed by atoms with van der Waals surface area (Å²) in [6.07, 6.45) is -0.0855. The van der Waals surface area contributed by atoms with Crippen molar-refractivity contribution in [3.8, 4) is 5.75 Å². The Morgan fingerprint density at radius 1 is 1.43 bits per heavy atom. The molecule has 0 unspecified atom stereocenters. The molecule has 0 aliphatic carbocycles. The number of rotatable bonds is 1. The molecule has 1 heterocycles. The predicted octanol–water partition coefficient (Wildman–Crippen LogP) is 3.28. The SMILES string of the molecule is COc1ccc2c(c1)C(F)(F)CCS2. The van der Waals surface area contributed by atoms with E-state index < -0.39 is 5.92 Å². The summed E-state index contributed by atoms with van der Waals surface area (Å²) >= 11 is 1.47. The molecule has 1 aromatic carbocycles. The molecule has 1 nitrogen and oxygen atoms in total. The molecule has 0 bridgehead atoms. The van der Waals surface area contributed by atoms with Gasteiger partial charge in [0.15, 0.2) is 0 Å². The van der Waals surface area contributed by atoms with Crippen LogP contribution in [0.5, 0.6) is 5.75 Å². The van der Waals surface area contributed by atoms with Crippen LogP contribution in [0.1, 0.15) is 12.0 Å². The first-order valence-electron chi connectivity index (χ1n) is 4.32. The zero-order valence-electron chi connectivity index (χ0n) is 7.72. The zero-order valence-corrected chi connectivity index (χ0v) is 8.54. The lowest BCUT2D eigenvalue weighted by Gasteiger charge is -2.24. The molecular weight excluding hydrogens is 206 g/mol. The number of ether oxygens (including phenoxy) is 1. The van der Waals surface area contributed by atoms with Crippen LogP contribution in [0.25, 0.3) is 0 Å². The van der Waals surface area contributed by atoms with Crippen LogP contribution >= 0.6 is 11.8 Å². The molecule has 0 spiro atoms. The van der Waals surface area contributed by atoms with Crippen LogP contribution in [0, 0.1) is 0 Å². The third kappa shape index (κ3) is 1.59. The summed E-state index contributed by atoms with van der Waals surface area (Å²) in [7, 11) is 1.48. The van der Waals surface area contributed by atoms with Crippen molar-refractivity contribution in [3.63, 3.8) is 0 Å². The highest BCUT2D eigenvalue weighted by atomic mass is 32.2. The number of methoxy groups -OCH3 is 1. The Balaban J connectivity index is 2.49. The van der Waals surface area contributed by atoms with Gasteiger partial charge in [0, 0.05) is 22.6 Å². The zero-order chi connectivity index (χ0) is 10.2. The van der Waals surface area contributed by atoms with Gasteiger partial charge < -0.3 is 4.74 Å². The molecule has 0 saturated heterocycles. The van der Waals surface area contributed by atoms with Gasteiger partial charge in [-0.2, -0.15) is 0 Å². The monoisotopic (exact) mass is 216 g/mol. The molecule has 1 aliphatic rings. The molecule has 0 radical (unpaired) electrons. The maximum Gasteiger partial charge on any atom is 0.275 e. The Hall–Kier alpha value is -0.770. The summed E-state index contributed by atoms with van der Waals surface area (Å²) in [6, 6.07) is 4.85. The first-order chi connectivity index (χ1) is 6.63. The van der Waals surface area contributed by atoms with E-state index in [4.69, 9.17) is 4.74 Å². The van der Waals surface area contributed by atoms with Crippen LogP contribution in [-0.2, 0) is 5.92 Å². The summed E-state index contributed by atoms with van der Waals surface area (Å²) in [6.45, 7) is 0. The standard InChI is InChI=1S/C10H10F2OS/c1-13-7-2-3-9-8(6-7)10(11,12)4-5-14-9/h2-3,6H,4-5H2,1H3. The van der Waals surface area contributed by atoms with Gasteiger partial charge in [-0.3, -0.25) is 0 Å². The highest BCUT2D eigenvalue weighted by Crippen LogP contribution is 2.45. The van der Waals surface area contributed by atoms with Crippen LogP contribution in [0.15, 0.2) is 23.1 Å². The summed E-state index contributed by atoms with van der Waals surface area (Å²) in [5.74, 6) is -1.73. The molecule has 1 aromatic rings. The largest absolute Gasteiger partial charge is 0.497 e.